The Morgan fingerprint density at radius 1 is 0.878 bits per heavy atom. The lowest BCUT2D eigenvalue weighted by atomic mass is 10.1. The number of carbonyl (C=O) groups is 4. The van der Waals surface area contributed by atoms with Crippen LogP contribution in [0.15, 0.2) is 60.9 Å². The molecule has 4 amide bonds. The number of aromatic nitrogens is 2. The highest BCUT2D eigenvalue weighted by molar-refractivity contribution is 7.80. The minimum Gasteiger partial charge on any atom is -0.361 e. The van der Waals surface area contributed by atoms with Crippen molar-refractivity contribution in [3.8, 4) is 0 Å². The molecule has 0 radical (unpaired) electrons. The number of hydrogen-bond acceptors (Lipinski definition) is 8. The largest absolute Gasteiger partial charge is 0.361 e. The van der Waals surface area contributed by atoms with E-state index in [1.807, 2.05) is 60.6 Å². The second kappa shape index (κ2) is 21.6. The summed E-state index contributed by atoms with van der Waals surface area (Å²) in [6.07, 6.45) is 6.68. The average Bonchev–Trinajstić information content (AvgIpc) is 3.74. The van der Waals surface area contributed by atoms with Crippen molar-refractivity contribution >= 4 is 58.6 Å². The van der Waals surface area contributed by atoms with Crippen LogP contribution in [0.25, 0.3) is 21.8 Å². The van der Waals surface area contributed by atoms with Gasteiger partial charge in [0.1, 0.15) is 6.54 Å². The SMILES string of the molecule is CCN(CCc1c[nH]c2ccccc12)C(=O)CNOC.NCCCN(CC(=O)NCCS)C(=O)CN(C=O)CCc1c[nH]c2ccccc12. The Balaban J connectivity index is 0.000000284. The number of thiol groups is 1. The number of hydroxylamine groups is 1. The zero-order valence-electron chi connectivity index (χ0n) is 28.5. The van der Waals surface area contributed by atoms with Crippen molar-refractivity contribution in [3.05, 3.63) is 72.1 Å². The standard InChI is InChI=1S/C20H29N5O3S.C15H21N3O2/c21-7-3-9-25(13-19(27)22-8-11-29)20(28)14-24(15-26)10-6-16-12-23-18-5-2-1-4-17(16)18;1-3-18(15(19)11-17-20-2)9-8-12-10-16-14-7-5-4-6-13(12)14/h1-2,4-5,12,15,23,29H,3,6-11,13-14,21H2,(H,22,27);4-7,10,16-17H,3,8-9,11H2,1-2H3. The molecule has 13 nitrogen and oxygen atoms in total. The second-order valence-corrected chi connectivity index (χ2v) is 11.8. The van der Waals surface area contributed by atoms with Crippen LogP contribution >= 0.6 is 12.6 Å². The van der Waals surface area contributed by atoms with E-state index < -0.39 is 0 Å². The Morgan fingerprint density at radius 3 is 2.04 bits per heavy atom. The highest BCUT2D eigenvalue weighted by Gasteiger charge is 2.19. The molecule has 14 heteroatoms. The van der Waals surface area contributed by atoms with E-state index in [0.717, 1.165) is 28.4 Å². The molecule has 0 bridgehead atoms. The number of aromatic amines is 2. The topological polar surface area (TPSA) is 169 Å². The highest BCUT2D eigenvalue weighted by atomic mass is 32.1. The van der Waals surface area contributed by atoms with Crippen LogP contribution in [0, 0.1) is 0 Å². The maximum atomic E-state index is 12.7. The molecule has 0 unspecified atom stereocenters. The van der Waals surface area contributed by atoms with Gasteiger partial charge in [0.25, 0.3) is 0 Å². The summed E-state index contributed by atoms with van der Waals surface area (Å²) in [5, 5.41) is 5.03. The van der Waals surface area contributed by atoms with Crippen LogP contribution in [0.5, 0.6) is 0 Å². The van der Waals surface area contributed by atoms with E-state index in [2.05, 4.69) is 45.5 Å². The molecule has 0 atom stereocenters. The van der Waals surface area contributed by atoms with Gasteiger partial charge in [-0.1, -0.05) is 36.4 Å². The summed E-state index contributed by atoms with van der Waals surface area (Å²) in [5.74, 6) is 0.0514. The average molecular weight is 695 g/mol. The van der Waals surface area contributed by atoms with E-state index in [0.29, 0.717) is 64.3 Å². The summed E-state index contributed by atoms with van der Waals surface area (Å²) < 4.78 is 0. The molecule has 2 heterocycles. The van der Waals surface area contributed by atoms with Crippen molar-refractivity contribution in [1.82, 2.24) is 35.5 Å². The van der Waals surface area contributed by atoms with Crippen LogP contribution in [0.1, 0.15) is 24.5 Å². The number of likely N-dealkylation sites (N-methyl/N-ethyl adjacent to an activating group) is 1. The van der Waals surface area contributed by atoms with Gasteiger partial charge in [0.05, 0.1) is 20.2 Å². The highest BCUT2D eigenvalue weighted by Crippen LogP contribution is 2.19. The number of rotatable bonds is 20. The van der Waals surface area contributed by atoms with Crippen molar-refractivity contribution in [1.29, 1.82) is 0 Å². The third kappa shape index (κ3) is 12.5. The lowest BCUT2D eigenvalue weighted by molar-refractivity contribution is -0.138. The first-order valence-corrected chi connectivity index (χ1v) is 17.2. The fraction of sp³-hybridized carbons (Fsp3) is 0.429. The number of nitrogens with zero attached hydrogens (tertiary/aromatic N) is 3. The monoisotopic (exact) mass is 694 g/mol. The first kappa shape index (κ1) is 39.1. The summed E-state index contributed by atoms with van der Waals surface area (Å²) in [6, 6.07) is 16.2. The summed E-state index contributed by atoms with van der Waals surface area (Å²) in [5.41, 5.74) is 12.6. The normalized spacial score (nSPS) is 10.8. The van der Waals surface area contributed by atoms with Crippen molar-refractivity contribution in [3.63, 3.8) is 0 Å². The summed E-state index contributed by atoms with van der Waals surface area (Å²) in [7, 11) is 1.51. The van der Waals surface area contributed by atoms with Crippen LogP contribution in [-0.4, -0.2) is 121 Å². The zero-order chi connectivity index (χ0) is 35.4. The van der Waals surface area contributed by atoms with Gasteiger partial charge in [-0.15, -0.1) is 0 Å². The molecule has 2 aromatic heterocycles. The smallest absolute Gasteiger partial charge is 0.242 e. The number of nitrogens with one attached hydrogen (secondary N) is 4. The van der Waals surface area contributed by atoms with Gasteiger partial charge in [-0.3, -0.25) is 19.2 Å². The zero-order valence-corrected chi connectivity index (χ0v) is 29.3. The fourth-order valence-electron chi connectivity index (χ4n) is 5.34. The Labute approximate surface area is 293 Å². The Morgan fingerprint density at radius 2 is 1.49 bits per heavy atom. The minimum atomic E-state index is -0.273. The molecule has 49 heavy (non-hydrogen) atoms. The van der Waals surface area contributed by atoms with Gasteiger partial charge in [-0.05, 0) is 56.0 Å². The Bertz CT molecular complexity index is 1610. The van der Waals surface area contributed by atoms with Crippen molar-refractivity contribution < 1.29 is 24.0 Å². The first-order valence-electron chi connectivity index (χ1n) is 16.5. The van der Waals surface area contributed by atoms with E-state index in [4.69, 9.17) is 10.6 Å². The van der Waals surface area contributed by atoms with Gasteiger partial charge in [0, 0.05) is 72.7 Å². The number of carbonyl (C=O) groups excluding carboxylic acids is 4. The number of fused-ring (bicyclic) bond motifs is 2. The van der Waals surface area contributed by atoms with E-state index in [9.17, 15) is 19.2 Å². The molecule has 4 aromatic rings. The predicted molar refractivity (Wildman–Crippen MR) is 196 cm³/mol. The van der Waals surface area contributed by atoms with Crippen molar-refractivity contribution in [2.75, 3.05) is 71.8 Å². The van der Waals surface area contributed by atoms with Gasteiger partial charge in [-0.25, -0.2) is 0 Å². The van der Waals surface area contributed by atoms with Gasteiger partial charge >= 0.3 is 0 Å². The van der Waals surface area contributed by atoms with E-state index in [1.165, 1.54) is 27.9 Å². The van der Waals surface area contributed by atoms with Crippen LogP contribution in [0.2, 0.25) is 0 Å². The van der Waals surface area contributed by atoms with E-state index in [1.54, 1.807) is 0 Å². The number of para-hydroxylation sites is 2. The Kier molecular flexibility index (Phi) is 17.2. The third-order valence-electron chi connectivity index (χ3n) is 8.01. The number of nitrogens with two attached hydrogens (primary N) is 1. The van der Waals surface area contributed by atoms with Crippen LogP contribution in [0.4, 0.5) is 0 Å². The third-order valence-corrected chi connectivity index (χ3v) is 8.24. The van der Waals surface area contributed by atoms with Crippen LogP contribution < -0.4 is 16.5 Å². The molecule has 0 aliphatic carbocycles. The first-order chi connectivity index (χ1) is 23.8. The minimum absolute atomic E-state index is 0.0502. The van der Waals surface area contributed by atoms with E-state index >= 15 is 0 Å². The fourth-order valence-corrected chi connectivity index (χ4v) is 5.45. The van der Waals surface area contributed by atoms with Crippen LogP contribution in [-0.2, 0) is 36.9 Å². The number of benzene rings is 2. The number of hydrogen-bond donors (Lipinski definition) is 6. The number of amides is 4. The van der Waals surface area contributed by atoms with Gasteiger partial charge in [0.15, 0.2) is 0 Å². The van der Waals surface area contributed by atoms with Crippen molar-refractivity contribution in [2.24, 2.45) is 5.73 Å². The molecule has 6 N–H and O–H groups in total. The quantitative estimate of drug-likeness (QED) is 0.0468. The Hall–Kier alpha value is -4.37. The molecule has 2 aromatic carbocycles. The lowest BCUT2D eigenvalue weighted by Crippen LogP contribution is -2.46. The molecule has 0 saturated heterocycles. The molecule has 0 aliphatic rings. The lowest BCUT2D eigenvalue weighted by Gasteiger charge is -2.25. The summed E-state index contributed by atoms with van der Waals surface area (Å²) >= 11 is 4.05. The molecular formula is C35H50N8O5S. The van der Waals surface area contributed by atoms with Gasteiger partial charge in [-0.2, -0.15) is 18.1 Å². The molecular weight excluding hydrogens is 645 g/mol. The molecule has 266 valence electrons. The van der Waals surface area contributed by atoms with Gasteiger partial charge in [0.2, 0.25) is 24.1 Å². The molecule has 0 saturated carbocycles. The molecule has 0 fully saturated rings. The molecule has 4 rings (SSSR count). The van der Waals surface area contributed by atoms with Crippen LogP contribution in [0.3, 0.4) is 0 Å². The van der Waals surface area contributed by atoms with Gasteiger partial charge < -0.3 is 40.6 Å². The maximum Gasteiger partial charge on any atom is 0.242 e. The van der Waals surface area contributed by atoms with E-state index in [-0.39, 0.29) is 37.4 Å². The number of H-pyrrole nitrogens is 2. The molecule has 0 aliphatic heterocycles. The maximum absolute atomic E-state index is 12.7. The summed E-state index contributed by atoms with van der Waals surface area (Å²) in [6.45, 7) is 5.11. The predicted octanol–water partition coefficient (Wildman–Crippen LogP) is 2.10. The summed E-state index contributed by atoms with van der Waals surface area (Å²) in [4.78, 5) is 64.0. The molecule has 0 spiro atoms. The van der Waals surface area contributed by atoms with Crippen molar-refractivity contribution in [2.45, 2.75) is 26.2 Å². The second-order valence-electron chi connectivity index (χ2n) is 11.3.